The van der Waals surface area contributed by atoms with Gasteiger partial charge in [-0.15, -0.1) is 0 Å². The summed E-state index contributed by atoms with van der Waals surface area (Å²) in [6.45, 7) is 3.55. The summed E-state index contributed by atoms with van der Waals surface area (Å²) >= 11 is 0. The molecule has 0 aliphatic rings. The molecule has 0 radical (unpaired) electrons. The minimum atomic E-state index is -3.13. The number of nitrogens with zero attached hydrogens (tertiary/aromatic N) is 1. The predicted octanol–water partition coefficient (Wildman–Crippen LogP) is 0.0388. The maximum Gasteiger partial charge on any atom is 0.213 e. The largest absolute Gasteiger partial charge is 0.392 e. The van der Waals surface area contributed by atoms with Crippen molar-refractivity contribution in [3.05, 3.63) is 0 Å². The average molecular weight is 195 g/mol. The standard InChI is InChI=1S/C7H17NO3S/c1-4-5-12(10,11)8(3)6-7(2)9/h7,9H,4-6H2,1-3H3/t7-/m1/s1. The Balaban J connectivity index is 4.16. The van der Waals surface area contributed by atoms with Crippen molar-refractivity contribution in [1.29, 1.82) is 0 Å². The third kappa shape index (κ3) is 4.04. The van der Waals surface area contributed by atoms with E-state index in [4.69, 9.17) is 5.11 Å². The second-order valence-corrected chi connectivity index (χ2v) is 5.14. The van der Waals surface area contributed by atoms with Gasteiger partial charge in [0.05, 0.1) is 11.9 Å². The monoisotopic (exact) mass is 195 g/mol. The molecule has 0 aromatic carbocycles. The number of aliphatic hydroxyl groups excluding tert-OH is 1. The van der Waals surface area contributed by atoms with Crippen LogP contribution in [0.5, 0.6) is 0 Å². The summed E-state index contributed by atoms with van der Waals surface area (Å²) < 4.78 is 23.8. The van der Waals surface area contributed by atoms with Crippen LogP contribution >= 0.6 is 0 Å². The van der Waals surface area contributed by atoms with Crippen molar-refractivity contribution < 1.29 is 13.5 Å². The van der Waals surface area contributed by atoms with Gasteiger partial charge in [-0.05, 0) is 13.3 Å². The Hall–Kier alpha value is -0.130. The van der Waals surface area contributed by atoms with Gasteiger partial charge in [0.1, 0.15) is 0 Å². The van der Waals surface area contributed by atoms with Gasteiger partial charge in [0.2, 0.25) is 10.0 Å². The number of hydrogen-bond acceptors (Lipinski definition) is 3. The van der Waals surface area contributed by atoms with Gasteiger partial charge in [0.25, 0.3) is 0 Å². The second kappa shape index (κ2) is 4.79. The van der Waals surface area contributed by atoms with Crippen molar-refractivity contribution in [3.8, 4) is 0 Å². The molecule has 0 saturated heterocycles. The highest BCUT2D eigenvalue weighted by atomic mass is 32.2. The van der Waals surface area contributed by atoms with Crippen molar-refractivity contribution in [2.75, 3.05) is 19.3 Å². The van der Waals surface area contributed by atoms with Crippen molar-refractivity contribution in [2.45, 2.75) is 26.4 Å². The molecule has 0 fully saturated rings. The third-order valence-electron chi connectivity index (χ3n) is 1.46. The van der Waals surface area contributed by atoms with E-state index in [2.05, 4.69) is 0 Å². The molecule has 0 saturated carbocycles. The first-order valence-electron chi connectivity index (χ1n) is 4.02. The fraction of sp³-hybridized carbons (Fsp3) is 1.00. The van der Waals surface area contributed by atoms with E-state index >= 15 is 0 Å². The molecule has 5 heteroatoms. The Morgan fingerprint density at radius 3 is 2.33 bits per heavy atom. The van der Waals surface area contributed by atoms with Crippen LogP contribution in [0.2, 0.25) is 0 Å². The van der Waals surface area contributed by atoms with E-state index in [1.807, 2.05) is 6.92 Å². The van der Waals surface area contributed by atoms with E-state index in [0.717, 1.165) is 0 Å². The van der Waals surface area contributed by atoms with E-state index in [-0.39, 0.29) is 12.3 Å². The van der Waals surface area contributed by atoms with Crippen LogP contribution in [0.15, 0.2) is 0 Å². The number of aliphatic hydroxyl groups is 1. The molecule has 0 aliphatic heterocycles. The van der Waals surface area contributed by atoms with Crippen molar-refractivity contribution >= 4 is 10.0 Å². The number of likely N-dealkylation sites (N-methyl/N-ethyl adjacent to an activating group) is 1. The van der Waals surface area contributed by atoms with E-state index < -0.39 is 16.1 Å². The Morgan fingerprint density at radius 1 is 1.50 bits per heavy atom. The van der Waals surface area contributed by atoms with Crippen LogP contribution in [-0.4, -0.2) is 43.3 Å². The van der Waals surface area contributed by atoms with Crippen LogP contribution in [0.1, 0.15) is 20.3 Å². The summed E-state index contributed by atoms with van der Waals surface area (Å²) in [5, 5.41) is 8.95. The summed E-state index contributed by atoms with van der Waals surface area (Å²) in [7, 11) is -1.65. The molecule has 0 bridgehead atoms. The number of rotatable bonds is 5. The lowest BCUT2D eigenvalue weighted by Gasteiger charge is -2.17. The molecule has 12 heavy (non-hydrogen) atoms. The zero-order valence-corrected chi connectivity index (χ0v) is 8.63. The molecule has 74 valence electrons. The van der Waals surface area contributed by atoms with Gasteiger partial charge < -0.3 is 5.11 Å². The van der Waals surface area contributed by atoms with Crippen LogP contribution in [0.3, 0.4) is 0 Å². The van der Waals surface area contributed by atoms with E-state index in [9.17, 15) is 8.42 Å². The van der Waals surface area contributed by atoms with Crippen LogP contribution in [0.25, 0.3) is 0 Å². The summed E-state index contributed by atoms with van der Waals surface area (Å²) in [6.07, 6.45) is -0.00595. The lowest BCUT2D eigenvalue weighted by atomic mass is 10.4. The molecule has 1 atom stereocenters. The van der Waals surface area contributed by atoms with Crippen LogP contribution in [0, 0.1) is 0 Å². The maximum atomic E-state index is 11.3. The van der Waals surface area contributed by atoms with Crippen molar-refractivity contribution in [3.63, 3.8) is 0 Å². The van der Waals surface area contributed by atoms with E-state index in [1.54, 1.807) is 6.92 Å². The third-order valence-corrected chi connectivity index (χ3v) is 3.48. The quantitative estimate of drug-likeness (QED) is 0.674. The Morgan fingerprint density at radius 2 is 2.00 bits per heavy atom. The first kappa shape index (κ1) is 11.9. The summed E-state index contributed by atoms with van der Waals surface area (Å²) in [6, 6.07) is 0. The lowest BCUT2D eigenvalue weighted by Crippen LogP contribution is -2.34. The predicted molar refractivity (Wildman–Crippen MR) is 48.4 cm³/mol. The molecule has 0 heterocycles. The van der Waals surface area contributed by atoms with Gasteiger partial charge in [-0.2, -0.15) is 0 Å². The van der Waals surface area contributed by atoms with Crippen molar-refractivity contribution in [2.24, 2.45) is 0 Å². The number of hydrogen-bond donors (Lipinski definition) is 1. The molecular formula is C7H17NO3S. The first-order valence-corrected chi connectivity index (χ1v) is 5.63. The summed E-state index contributed by atoms with van der Waals surface area (Å²) in [4.78, 5) is 0. The van der Waals surface area contributed by atoms with Gasteiger partial charge in [-0.25, -0.2) is 12.7 Å². The highest BCUT2D eigenvalue weighted by Gasteiger charge is 2.17. The topological polar surface area (TPSA) is 57.6 Å². The van der Waals surface area contributed by atoms with Crippen LogP contribution in [0.4, 0.5) is 0 Å². The smallest absolute Gasteiger partial charge is 0.213 e. The van der Waals surface area contributed by atoms with Gasteiger partial charge in [-0.1, -0.05) is 6.92 Å². The molecule has 0 aromatic rings. The zero-order valence-electron chi connectivity index (χ0n) is 7.82. The zero-order chi connectivity index (χ0) is 9.78. The molecular weight excluding hydrogens is 178 g/mol. The fourth-order valence-corrected chi connectivity index (χ4v) is 2.17. The normalized spacial score (nSPS) is 15.1. The van der Waals surface area contributed by atoms with Crippen LogP contribution in [-0.2, 0) is 10.0 Å². The Bertz CT molecular complexity index is 211. The minimum absolute atomic E-state index is 0.149. The SMILES string of the molecule is CCCS(=O)(=O)N(C)C[C@@H](C)O. The van der Waals surface area contributed by atoms with Crippen molar-refractivity contribution in [1.82, 2.24) is 4.31 Å². The van der Waals surface area contributed by atoms with Gasteiger partial charge in [-0.3, -0.25) is 0 Å². The van der Waals surface area contributed by atoms with E-state index in [0.29, 0.717) is 6.42 Å². The average Bonchev–Trinajstić information content (AvgIpc) is 1.85. The fourth-order valence-electron chi connectivity index (χ4n) is 0.899. The second-order valence-electron chi connectivity index (χ2n) is 2.95. The number of sulfonamides is 1. The highest BCUT2D eigenvalue weighted by Crippen LogP contribution is 2.00. The Kier molecular flexibility index (Phi) is 4.74. The molecule has 0 rings (SSSR count). The molecule has 4 nitrogen and oxygen atoms in total. The first-order chi connectivity index (χ1) is 5.40. The molecule has 0 unspecified atom stereocenters. The summed E-state index contributed by atoms with van der Waals surface area (Å²) in [5.74, 6) is 0.149. The molecule has 1 N–H and O–H groups in total. The van der Waals surface area contributed by atoms with E-state index in [1.165, 1.54) is 11.4 Å². The maximum absolute atomic E-state index is 11.3. The van der Waals surface area contributed by atoms with Gasteiger partial charge in [0.15, 0.2) is 0 Å². The van der Waals surface area contributed by atoms with Gasteiger partial charge in [0, 0.05) is 13.6 Å². The van der Waals surface area contributed by atoms with Gasteiger partial charge >= 0.3 is 0 Å². The molecule has 0 aromatic heterocycles. The molecule has 0 amide bonds. The molecule has 0 spiro atoms. The molecule has 0 aliphatic carbocycles. The minimum Gasteiger partial charge on any atom is -0.392 e. The summed E-state index contributed by atoms with van der Waals surface area (Å²) in [5.41, 5.74) is 0. The highest BCUT2D eigenvalue weighted by molar-refractivity contribution is 7.89. The lowest BCUT2D eigenvalue weighted by molar-refractivity contribution is 0.171. The van der Waals surface area contributed by atoms with Crippen LogP contribution < -0.4 is 0 Å². The Labute approximate surface area is 74.2 Å².